The van der Waals surface area contributed by atoms with Gasteiger partial charge in [0.2, 0.25) is 5.91 Å². The largest absolute Gasteiger partial charge is 0.324 e. The maximum Gasteiger partial charge on any atom is 0.270 e. The van der Waals surface area contributed by atoms with E-state index in [2.05, 4.69) is 27.8 Å². The Bertz CT molecular complexity index is 797. The summed E-state index contributed by atoms with van der Waals surface area (Å²) in [6.45, 7) is 5.00. The predicted molar refractivity (Wildman–Crippen MR) is 104 cm³/mol. The lowest BCUT2D eigenvalue weighted by atomic mass is 10.3. The Morgan fingerprint density at radius 2 is 2.20 bits per heavy atom. The van der Waals surface area contributed by atoms with Gasteiger partial charge in [-0.15, -0.1) is 17.9 Å². The van der Waals surface area contributed by atoms with Gasteiger partial charge in [-0.25, -0.2) is 0 Å². The average Bonchev–Trinajstić information content (AvgIpc) is 2.94. The van der Waals surface area contributed by atoms with Gasteiger partial charge < -0.3 is 5.32 Å². The number of nitrogens with one attached hydrogen (secondary N) is 1. The van der Waals surface area contributed by atoms with Crippen LogP contribution >= 0.6 is 38.9 Å². The van der Waals surface area contributed by atoms with Crippen LogP contribution in [0.25, 0.3) is 0 Å². The summed E-state index contributed by atoms with van der Waals surface area (Å²) >= 11 is 10.6. The predicted octanol–water partition coefficient (Wildman–Crippen LogP) is 4.70. The van der Waals surface area contributed by atoms with Crippen LogP contribution in [0.2, 0.25) is 4.34 Å². The maximum absolute atomic E-state index is 12.3. The van der Waals surface area contributed by atoms with Crippen molar-refractivity contribution in [1.82, 2.24) is 4.90 Å². The van der Waals surface area contributed by atoms with Gasteiger partial charge in [0.1, 0.15) is 0 Å². The Balaban J connectivity index is 2.01. The van der Waals surface area contributed by atoms with Crippen LogP contribution in [-0.4, -0.2) is 28.8 Å². The van der Waals surface area contributed by atoms with Crippen LogP contribution in [0.5, 0.6) is 0 Å². The smallest absolute Gasteiger partial charge is 0.270 e. The summed E-state index contributed by atoms with van der Waals surface area (Å²) in [5.41, 5.74) is 0.432. The van der Waals surface area contributed by atoms with Crippen LogP contribution in [0.4, 0.5) is 11.4 Å². The first-order valence-corrected chi connectivity index (χ1v) is 9.19. The maximum atomic E-state index is 12.3. The Labute approximate surface area is 162 Å². The molecule has 132 valence electrons. The number of nitro benzene ring substituents is 1. The highest BCUT2D eigenvalue weighted by molar-refractivity contribution is 9.10. The summed E-state index contributed by atoms with van der Waals surface area (Å²) in [7, 11) is 0. The number of hydrogen-bond donors (Lipinski definition) is 1. The zero-order chi connectivity index (χ0) is 18.4. The minimum atomic E-state index is -0.492. The molecular weight excluding hydrogens is 430 g/mol. The van der Waals surface area contributed by atoms with Gasteiger partial charge in [-0.05, 0) is 34.1 Å². The Morgan fingerprint density at radius 3 is 2.76 bits per heavy atom. The highest BCUT2D eigenvalue weighted by Gasteiger charge is 2.14. The number of benzene rings is 1. The van der Waals surface area contributed by atoms with Gasteiger partial charge in [-0.1, -0.05) is 17.7 Å². The summed E-state index contributed by atoms with van der Waals surface area (Å²) < 4.78 is 1.16. The number of amides is 1. The summed E-state index contributed by atoms with van der Waals surface area (Å²) in [4.78, 5) is 25.5. The van der Waals surface area contributed by atoms with Crippen LogP contribution in [0, 0.1) is 10.1 Å². The van der Waals surface area contributed by atoms with Crippen LogP contribution in [-0.2, 0) is 11.3 Å². The van der Waals surface area contributed by atoms with Crippen molar-refractivity contribution in [2.75, 3.05) is 18.4 Å². The van der Waals surface area contributed by atoms with E-state index >= 15 is 0 Å². The zero-order valence-electron chi connectivity index (χ0n) is 13.1. The molecule has 1 amide bonds. The zero-order valence-corrected chi connectivity index (χ0v) is 16.2. The third-order valence-corrected chi connectivity index (χ3v) is 5.07. The first kappa shape index (κ1) is 19.6. The molecule has 6 nitrogen and oxygen atoms in total. The molecule has 0 unspecified atom stereocenters. The van der Waals surface area contributed by atoms with E-state index in [0.717, 1.165) is 4.88 Å². The van der Waals surface area contributed by atoms with Crippen LogP contribution in [0.3, 0.4) is 0 Å². The van der Waals surface area contributed by atoms with Crippen molar-refractivity contribution in [3.8, 4) is 0 Å². The number of carbonyl (C=O) groups is 1. The van der Waals surface area contributed by atoms with Crippen molar-refractivity contribution in [1.29, 1.82) is 0 Å². The minimum absolute atomic E-state index is 0.0484. The minimum Gasteiger partial charge on any atom is -0.324 e. The molecule has 1 aromatic carbocycles. The molecule has 9 heteroatoms. The molecule has 0 saturated carbocycles. The van der Waals surface area contributed by atoms with E-state index < -0.39 is 4.92 Å². The van der Waals surface area contributed by atoms with Gasteiger partial charge >= 0.3 is 0 Å². The van der Waals surface area contributed by atoms with Crippen LogP contribution in [0.1, 0.15) is 4.88 Å². The highest BCUT2D eigenvalue weighted by atomic mass is 79.9. The Morgan fingerprint density at radius 1 is 1.44 bits per heavy atom. The number of hydrogen-bond acceptors (Lipinski definition) is 5. The summed E-state index contributed by atoms with van der Waals surface area (Å²) in [6.07, 6.45) is 1.73. The third-order valence-electron chi connectivity index (χ3n) is 3.20. The fraction of sp³-hybridized carbons (Fsp3) is 0.188. The molecule has 0 saturated heterocycles. The van der Waals surface area contributed by atoms with E-state index in [9.17, 15) is 14.9 Å². The highest BCUT2D eigenvalue weighted by Crippen LogP contribution is 2.27. The molecule has 0 aliphatic heterocycles. The molecule has 2 rings (SSSR count). The molecule has 0 bridgehead atoms. The van der Waals surface area contributed by atoms with E-state index in [-0.39, 0.29) is 18.1 Å². The van der Waals surface area contributed by atoms with Crippen LogP contribution < -0.4 is 5.32 Å². The number of anilines is 1. The van der Waals surface area contributed by atoms with Crippen molar-refractivity contribution in [3.05, 3.63) is 66.8 Å². The molecule has 1 aromatic heterocycles. The molecule has 1 N–H and O–H groups in total. The molecule has 0 aliphatic rings. The quantitative estimate of drug-likeness (QED) is 0.364. The standard InChI is InChI=1S/C16H15BrClN3O3S/c1-2-7-20(9-12-4-6-15(18)25-12)10-16(22)19-14-5-3-11(21(23)24)8-13(14)17/h2-6,8H,1,7,9-10H2,(H,19,22). The summed E-state index contributed by atoms with van der Waals surface area (Å²) in [6, 6.07) is 7.94. The number of halogens is 2. The fourth-order valence-corrected chi connectivity index (χ4v) is 3.73. The number of nitro groups is 1. The van der Waals surface area contributed by atoms with Gasteiger partial charge in [0.15, 0.2) is 0 Å². The molecule has 0 spiro atoms. The number of rotatable bonds is 8. The number of carbonyl (C=O) groups excluding carboxylic acids is 1. The number of nitrogens with zero attached hydrogens (tertiary/aromatic N) is 2. The van der Waals surface area contributed by atoms with Crippen molar-refractivity contribution in [3.63, 3.8) is 0 Å². The third kappa shape index (κ3) is 5.93. The van der Waals surface area contributed by atoms with Crippen LogP contribution in [0.15, 0.2) is 47.5 Å². The molecule has 25 heavy (non-hydrogen) atoms. The second kappa shape index (κ2) is 9.10. The molecule has 0 radical (unpaired) electrons. The van der Waals surface area contributed by atoms with Crippen molar-refractivity contribution in [2.24, 2.45) is 0 Å². The molecular formula is C16H15BrClN3O3S. The number of non-ortho nitro benzene ring substituents is 1. The molecule has 1 heterocycles. The fourth-order valence-electron chi connectivity index (χ4n) is 2.14. The van der Waals surface area contributed by atoms with Gasteiger partial charge in [0.25, 0.3) is 5.69 Å². The lowest BCUT2D eigenvalue weighted by molar-refractivity contribution is -0.384. The molecule has 0 atom stereocenters. The monoisotopic (exact) mass is 443 g/mol. The Hall–Kier alpha value is -1.74. The van der Waals surface area contributed by atoms with E-state index in [0.29, 0.717) is 27.6 Å². The lowest BCUT2D eigenvalue weighted by Crippen LogP contribution is -2.32. The van der Waals surface area contributed by atoms with Gasteiger partial charge in [0.05, 0.1) is 21.5 Å². The summed E-state index contributed by atoms with van der Waals surface area (Å²) in [5.74, 6) is -0.223. The second-order valence-corrected chi connectivity index (χ2v) is 7.79. The van der Waals surface area contributed by atoms with Gasteiger partial charge in [-0.2, -0.15) is 0 Å². The first-order chi connectivity index (χ1) is 11.9. The van der Waals surface area contributed by atoms with E-state index in [1.807, 2.05) is 17.0 Å². The number of thiophene rings is 1. The Kier molecular flexibility index (Phi) is 7.12. The second-order valence-electron chi connectivity index (χ2n) is 5.13. The van der Waals surface area contributed by atoms with Crippen molar-refractivity contribution >= 4 is 56.1 Å². The van der Waals surface area contributed by atoms with Gasteiger partial charge in [-0.3, -0.25) is 19.8 Å². The normalized spacial score (nSPS) is 10.7. The first-order valence-electron chi connectivity index (χ1n) is 7.20. The SMILES string of the molecule is C=CCN(CC(=O)Nc1ccc([N+](=O)[O-])cc1Br)Cc1ccc(Cl)s1. The van der Waals surface area contributed by atoms with Crippen molar-refractivity contribution < 1.29 is 9.72 Å². The van der Waals surface area contributed by atoms with E-state index in [4.69, 9.17) is 11.6 Å². The average molecular weight is 445 g/mol. The van der Waals surface area contributed by atoms with E-state index in [1.54, 1.807) is 6.08 Å². The molecule has 0 fully saturated rings. The summed E-state index contributed by atoms with van der Waals surface area (Å²) in [5, 5.41) is 13.5. The topological polar surface area (TPSA) is 75.5 Å². The molecule has 2 aromatic rings. The van der Waals surface area contributed by atoms with Gasteiger partial charge in [0, 0.05) is 34.6 Å². The lowest BCUT2D eigenvalue weighted by Gasteiger charge is -2.19. The van der Waals surface area contributed by atoms with E-state index in [1.165, 1.54) is 29.5 Å². The molecule has 0 aliphatic carbocycles. The van der Waals surface area contributed by atoms with Crippen molar-refractivity contribution in [2.45, 2.75) is 6.54 Å².